The molecule has 1 fully saturated rings. The van der Waals surface area contributed by atoms with Crippen molar-refractivity contribution in [3.05, 3.63) is 101 Å². The van der Waals surface area contributed by atoms with Crippen molar-refractivity contribution >= 4 is 74.5 Å². The zero-order valence-corrected chi connectivity index (χ0v) is 39.9. The number of aliphatic imine (C=N–C) groups is 2. The number of carbonyl (C=O) groups is 4. The van der Waals surface area contributed by atoms with Crippen LogP contribution in [0.5, 0.6) is 0 Å². The standard InChI is InChI=1S/C43H50N10O17P2/c1-21-14-26-27(15-22(21)2)53(31(56)13-10-23-8-11-25(12-9-23)48-40(60)24-6-4-3-5-7-24)33-39(49-43(62)50-41(33)61)51(26)16-28(54)34(57)29(55)17-67-71(63,64)70-72(65,66)68-18-30-35(58)36(59)42(69-30)52-20-47-32-37(44)45-19-46-38(32)52/h3-9,11-12,14-15,19-20,28-30,33-37,42,54-55,57-59H,10,13,16-18,44H2,1-2H3,(H,45,46)(H,48,60)(H,63,64)(H,65,66)(H,50,61,62)/p-1/t28-,29+,30+,33-,34-,35+,36+,37?,42+/m0/s1. The van der Waals surface area contributed by atoms with Crippen LogP contribution >= 0.6 is 15.6 Å². The minimum absolute atomic E-state index is 0.147. The summed E-state index contributed by atoms with van der Waals surface area (Å²) in [6.07, 6.45) is -10.8. The van der Waals surface area contributed by atoms with Crippen molar-refractivity contribution in [1.82, 2.24) is 14.9 Å². The Labute approximate surface area is 408 Å². The third-order valence-electron chi connectivity index (χ3n) is 12.1. The maximum absolute atomic E-state index is 14.2. The second kappa shape index (κ2) is 21.1. The first kappa shape index (κ1) is 52.2. The number of aliphatic hydroxyl groups excluding tert-OH is 5. The van der Waals surface area contributed by atoms with Gasteiger partial charge in [-0.1, -0.05) is 30.3 Å². The molecule has 72 heavy (non-hydrogen) atoms. The minimum Gasteiger partial charge on any atom is -0.756 e. The number of carbonyl (C=O) groups excluding carboxylic acids is 4. The molecule has 0 aliphatic carbocycles. The molecule has 8 rings (SSSR count). The molecule has 3 aromatic carbocycles. The van der Waals surface area contributed by atoms with Gasteiger partial charge in [-0.25, -0.2) is 19.1 Å². The van der Waals surface area contributed by atoms with E-state index >= 15 is 0 Å². The number of amidine groups is 1. The molecule has 11 N–H and O–H groups in total. The van der Waals surface area contributed by atoms with Crippen molar-refractivity contribution in [3.8, 4) is 0 Å². The molecule has 0 spiro atoms. The van der Waals surface area contributed by atoms with Gasteiger partial charge in [0, 0.05) is 17.7 Å². The number of aromatic nitrogens is 2. The quantitative estimate of drug-likeness (QED) is 0.0520. The van der Waals surface area contributed by atoms with Gasteiger partial charge in [-0.05, 0) is 73.4 Å². The van der Waals surface area contributed by atoms with Crippen molar-refractivity contribution < 1.29 is 87.5 Å². The van der Waals surface area contributed by atoms with Gasteiger partial charge in [0.15, 0.2) is 18.0 Å². The number of phosphoric acid groups is 2. The predicted molar refractivity (Wildman–Crippen MR) is 247 cm³/mol. The molecule has 11 atom stereocenters. The van der Waals surface area contributed by atoms with Crippen LogP contribution < -0.4 is 41.3 Å². The van der Waals surface area contributed by atoms with E-state index in [2.05, 4.69) is 50.0 Å². The van der Waals surface area contributed by atoms with Gasteiger partial charge in [0.2, 0.25) is 12.1 Å². The van der Waals surface area contributed by atoms with E-state index in [1.807, 2.05) is 0 Å². The number of urea groups is 1. The number of β-amino-alcohol motifs (C(OH)–C–C–N with tert-alkyl or cyclic N) is 1. The molecule has 1 saturated heterocycles. The second-order valence-electron chi connectivity index (χ2n) is 17.0. The SMILES string of the molecule is Cc1cc2c(cc1C)N(C(=O)CCc1ccc(NC(=O)c3ccccc3)cc1)[C@@H]1C(=O)NC(=O)N=C1N2C[C@H](O)[C@H](O)[C@H](O)COP(=O)([O-])OP(=O)([O-])OC[C@H]1O[C@@H](n2cnc3c2NC=NC3[NH3+])[C@H](O)[C@@H]1O. The van der Waals surface area contributed by atoms with Crippen LogP contribution in [0.1, 0.15) is 51.6 Å². The van der Waals surface area contributed by atoms with Crippen LogP contribution in [0.2, 0.25) is 0 Å². The zero-order valence-electron chi connectivity index (χ0n) is 38.2. The van der Waals surface area contributed by atoms with Crippen molar-refractivity contribution in [2.24, 2.45) is 9.98 Å². The molecule has 5 amide bonds. The Kier molecular flexibility index (Phi) is 15.3. The summed E-state index contributed by atoms with van der Waals surface area (Å²) >= 11 is 0. The molecule has 1 aromatic heterocycles. The van der Waals surface area contributed by atoms with Gasteiger partial charge in [0.1, 0.15) is 48.3 Å². The van der Waals surface area contributed by atoms with E-state index in [1.54, 1.807) is 80.6 Å². The Balaban J connectivity index is 0.892. The molecule has 29 heteroatoms. The van der Waals surface area contributed by atoms with Gasteiger partial charge < -0.3 is 70.4 Å². The first-order chi connectivity index (χ1) is 34.1. The zero-order chi connectivity index (χ0) is 51.8. The largest absolute Gasteiger partial charge is 0.756 e. The highest BCUT2D eigenvalue weighted by Gasteiger charge is 2.49. The maximum Gasteiger partial charge on any atom is 0.349 e. The van der Waals surface area contributed by atoms with Crippen LogP contribution in [-0.2, 0) is 43.2 Å². The van der Waals surface area contributed by atoms with Crippen LogP contribution in [0, 0.1) is 13.8 Å². The molecule has 5 heterocycles. The van der Waals surface area contributed by atoms with Crippen molar-refractivity contribution in [3.63, 3.8) is 0 Å². The lowest BCUT2D eigenvalue weighted by atomic mass is 9.97. The Hall–Kier alpha value is -6.13. The molecule has 384 valence electrons. The van der Waals surface area contributed by atoms with E-state index in [4.69, 9.17) is 4.74 Å². The van der Waals surface area contributed by atoms with Gasteiger partial charge in [-0.2, -0.15) is 4.99 Å². The fourth-order valence-electron chi connectivity index (χ4n) is 8.24. The Morgan fingerprint density at radius 1 is 0.944 bits per heavy atom. The molecule has 4 aliphatic rings. The lowest BCUT2D eigenvalue weighted by Crippen LogP contribution is -2.65. The summed E-state index contributed by atoms with van der Waals surface area (Å²) in [5, 5.41) is 62.0. The molecule has 0 radical (unpaired) electrons. The van der Waals surface area contributed by atoms with Crippen molar-refractivity contribution in [2.75, 3.05) is 40.2 Å². The number of nitrogens with one attached hydrogen (secondary N) is 3. The number of hydrogen-bond donors (Lipinski definition) is 9. The lowest BCUT2D eigenvalue weighted by molar-refractivity contribution is -0.424. The van der Waals surface area contributed by atoms with Gasteiger partial charge in [0.25, 0.3) is 27.5 Å². The number of quaternary nitrogens is 1. The average Bonchev–Trinajstić information content (AvgIpc) is 3.90. The minimum atomic E-state index is -5.94. The normalized spacial score (nSPS) is 24.3. The van der Waals surface area contributed by atoms with Gasteiger partial charge >= 0.3 is 6.03 Å². The smallest absolute Gasteiger partial charge is 0.349 e. The van der Waals surface area contributed by atoms with Crippen molar-refractivity contribution in [1.29, 1.82) is 0 Å². The third kappa shape index (κ3) is 11.2. The van der Waals surface area contributed by atoms with E-state index < -0.39 is 108 Å². The summed E-state index contributed by atoms with van der Waals surface area (Å²) < 4.78 is 45.4. The van der Waals surface area contributed by atoms with Crippen LogP contribution in [0.15, 0.2) is 83.0 Å². The van der Waals surface area contributed by atoms with Crippen LogP contribution in [0.4, 0.5) is 27.7 Å². The highest BCUT2D eigenvalue weighted by atomic mass is 31.3. The number of imide groups is 1. The van der Waals surface area contributed by atoms with E-state index in [1.165, 1.54) is 27.0 Å². The molecule has 0 saturated carbocycles. The summed E-state index contributed by atoms with van der Waals surface area (Å²) in [5.41, 5.74) is 7.57. The number of rotatable bonds is 18. The van der Waals surface area contributed by atoms with E-state index in [9.17, 15) is 63.6 Å². The number of imidazole rings is 1. The molecule has 3 unspecified atom stereocenters. The van der Waals surface area contributed by atoms with Crippen molar-refractivity contribution in [2.45, 2.75) is 81.7 Å². The number of hydrogen-bond acceptors (Lipinski definition) is 21. The average molecular weight is 1040 g/mol. The van der Waals surface area contributed by atoms with E-state index in [0.29, 0.717) is 39.5 Å². The first-order valence-electron chi connectivity index (χ1n) is 22.1. The van der Waals surface area contributed by atoms with Gasteiger partial charge in [0.05, 0.1) is 43.8 Å². The number of amides is 5. The number of aliphatic hydroxyl groups is 5. The van der Waals surface area contributed by atoms with E-state index in [-0.39, 0.29) is 36.0 Å². The monoisotopic (exact) mass is 1040 g/mol. The summed E-state index contributed by atoms with van der Waals surface area (Å²) in [7, 11) is -11.8. The summed E-state index contributed by atoms with van der Waals surface area (Å²) in [5.74, 6) is -1.81. The number of fused-ring (bicyclic) bond motifs is 3. The van der Waals surface area contributed by atoms with Crippen LogP contribution in [-0.4, -0.2) is 133 Å². The van der Waals surface area contributed by atoms with Crippen LogP contribution in [0.25, 0.3) is 0 Å². The first-order valence-corrected chi connectivity index (χ1v) is 25.0. The Morgan fingerprint density at radius 3 is 2.33 bits per heavy atom. The molecule has 0 bridgehead atoms. The molecule has 27 nitrogen and oxygen atoms in total. The number of benzene rings is 3. The number of ether oxygens (including phenoxy) is 1. The van der Waals surface area contributed by atoms with Gasteiger partial charge in [-0.15, -0.1) is 0 Å². The Morgan fingerprint density at radius 2 is 1.62 bits per heavy atom. The topological polar surface area (TPSA) is 399 Å². The highest BCUT2D eigenvalue weighted by molar-refractivity contribution is 7.59. The Bertz CT molecular complexity index is 2890. The van der Waals surface area contributed by atoms with Gasteiger partial charge in [-0.3, -0.25) is 38.3 Å². The summed E-state index contributed by atoms with van der Waals surface area (Å²) in [4.78, 5) is 93.0. The maximum atomic E-state index is 14.2. The predicted octanol–water partition coefficient (Wildman–Crippen LogP) is -1.36. The fourth-order valence-corrected chi connectivity index (χ4v) is 10.3. The molecule has 4 aliphatic heterocycles. The summed E-state index contributed by atoms with van der Waals surface area (Å²) in [6.45, 7) is 0.322. The third-order valence-corrected chi connectivity index (χ3v) is 14.7. The highest BCUT2D eigenvalue weighted by Crippen LogP contribution is 2.56. The second-order valence-corrected chi connectivity index (χ2v) is 20.0. The summed E-state index contributed by atoms with van der Waals surface area (Å²) in [6, 6.07) is 15.9. The number of phosphoric ester groups is 2. The molecular weight excluding hydrogens is 990 g/mol. The molecule has 4 aromatic rings. The number of anilines is 4. The number of aryl methyl sites for hydroxylation is 3. The molecular formula is C43H49N10O17P2-. The fraction of sp³-hybridized carbons (Fsp3) is 0.372. The van der Waals surface area contributed by atoms with E-state index in [0.717, 1.165) is 0 Å². The lowest BCUT2D eigenvalue weighted by Gasteiger charge is -2.45. The van der Waals surface area contributed by atoms with Crippen LogP contribution in [0.3, 0.4) is 0 Å². The number of nitrogens with zero attached hydrogens (tertiary/aromatic N) is 6.